The number of nitrogens with zero attached hydrogens (tertiary/aromatic N) is 1. The van der Waals surface area contributed by atoms with Gasteiger partial charge in [0.1, 0.15) is 17.6 Å². The van der Waals surface area contributed by atoms with Crippen LogP contribution in [0.2, 0.25) is 0 Å². The highest BCUT2D eigenvalue weighted by Gasteiger charge is 2.45. The molecule has 0 saturated carbocycles. The molecule has 7 heteroatoms. The van der Waals surface area contributed by atoms with Crippen LogP contribution >= 0.6 is 11.3 Å². The van der Waals surface area contributed by atoms with E-state index >= 15 is 0 Å². The van der Waals surface area contributed by atoms with Crippen molar-refractivity contribution in [3.05, 3.63) is 57.4 Å². The number of nitrogens with one attached hydrogen (secondary N) is 1. The predicted molar refractivity (Wildman–Crippen MR) is 98.5 cm³/mol. The summed E-state index contributed by atoms with van der Waals surface area (Å²) < 4.78 is 5.73. The lowest BCUT2D eigenvalue weighted by Crippen LogP contribution is -3.05. The minimum absolute atomic E-state index is 0.101. The number of rotatable bonds is 7. The van der Waals surface area contributed by atoms with Gasteiger partial charge >= 0.3 is 0 Å². The number of furan rings is 1. The maximum Gasteiger partial charge on any atom is 0.290 e. The maximum absolute atomic E-state index is 13.0. The fraction of sp³-hybridized carbons (Fsp3) is 0.368. The van der Waals surface area contributed by atoms with E-state index in [2.05, 4.69) is 0 Å². The highest BCUT2D eigenvalue weighted by Crippen LogP contribution is 2.40. The number of amides is 1. The predicted octanol–water partition coefficient (Wildman–Crippen LogP) is 1.76. The van der Waals surface area contributed by atoms with E-state index in [9.17, 15) is 14.7 Å². The molecule has 0 bridgehead atoms. The molecule has 6 nitrogen and oxygen atoms in total. The monoisotopic (exact) mass is 375 g/mol. The summed E-state index contributed by atoms with van der Waals surface area (Å²) in [5, 5.41) is 12.3. The maximum atomic E-state index is 13.0. The first-order chi connectivity index (χ1) is 12.4. The van der Waals surface area contributed by atoms with E-state index in [1.54, 1.807) is 29.6 Å². The summed E-state index contributed by atoms with van der Waals surface area (Å²) in [5.41, 5.74) is 0.101. The lowest BCUT2D eigenvalue weighted by molar-refractivity contribution is -0.858. The quantitative estimate of drug-likeness (QED) is 0.723. The number of Topliss-reactive ketones (excluding diaryl/α,β-unsaturated/α-hetero) is 1. The lowest BCUT2D eigenvalue weighted by atomic mass is 10.00. The Morgan fingerprint density at radius 2 is 2.12 bits per heavy atom. The number of aliphatic hydroxyl groups is 1. The van der Waals surface area contributed by atoms with Crippen molar-refractivity contribution in [2.75, 3.05) is 27.2 Å². The summed E-state index contributed by atoms with van der Waals surface area (Å²) >= 11 is 1.29. The molecule has 0 aromatic carbocycles. The van der Waals surface area contributed by atoms with Gasteiger partial charge in [-0.25, -0.2) is 0 Å². The average Bonchev–Trinajstić information content (AvgIpc) is 3.30. The molecule has 0 unspecified atom stereocenters. The van der Waals surface area contributed by atoms with Gasteiger partial charge < -0.3 is 19.3 Å². The van der Waals surface area contributed by atoms with Crippen LogP contribution in [0, 0.1) is 6.92 Å². The van der Waals surface area contributed by atoms with Gasteiger partial charge in [0.05, 0.1) is 31.1 Å². The summed E-state index contributed by atoms with van der Waals surface area (Å²) in [7, 11) is 4.08. The standard InChI is InChI=1S/C19H22N2O4S/c1-12-7-8-13(25-12)16-15(17(22)14-6-4-11-26-14)18(23)19(24)21(16)10-5-9-20(2)3/h4,6-8,11,16,23H,5,9-10H2,1-3H3/p+1/t16-/m1/s1. The normalized spacial score (nSPS) is 17.6. The van der Waals surface area contributed by atoms with Crippen molar-refractivity contribution in [3.8, 4) is 0 Å². The summed E-state index contributed by atoms with van der Waals surface area (Å²) in [6, 6.07) is 6.33. The molecular weight excluding hydrogens is 352 g/mol. The first kappa shape index (κ1) is 18.4. The van der Waals surface area contributed by atoms with Gasteiger partial charge in [-0.15, -0.1) is 11.3 Å². The number of aliphatic hydroxyl groups excluding tert-OH is 1. The van der Waals surface area contributed by atoms with Gasteiger partial charge in [0, 0.05) is 13.0 Å². The Kier molecular flexibility index (Phi) is 5.29. The highest BCUT2D eigenvalue weighted by atomic mass is 32.1. The lowest BCUT2D eigenvalue weighted by Gasteiger charge is -2.25. The van der Waals surface area contributed by atoms with Gasteiger partial charge in [-0.3, -0.25) is 9.59 Å². The molecule has 1 atom stereocenters. The van der Waals surface area contributed by atoms with Gasteiger partial charge in [0.25, 0.3) is 5.91 Å². The molecule has 0 saturated heterocycles. The van der Waals surface area contributed by atoms with E-state index < -0.39 is 17.7 Å². The minimum Gasteiger partial charge on any atom is -0.503 e. The largest absolute Gasteiger partial charge is 0.503 e. The number of aryl methyl sites for hydroxylation is 1. The highest BCUT2D eigenvalue weighted by molar-refractivity contribution is 7.12. The Bertz CT molecular complexity index is 836. The molecule has 1 aliphatic heterocycles. The molecule has 26 heavy (non-hydrogen) atoms. The number of ketones is 1. The van der Waals surface area contributed by atoms with Crippen LogP contribution < -0.4 is 4.90 Å². The van der Waals surface area contributed by atoms with Crippen molar-refractivity contribution < 1.29 is 24.0 Å². The van der Waals surface area contributed by atoms with Crippen molar-refractivity contribution >= 4 is 23.0 Å². The van der Waals surface area contributed by atoms with E-state index in [4.69, 9.17) is 4.42 Å². The molecular formula is C19H23N2O4S+. The van der Waals surface area contributed by atoms with Gasteiger partial charge in [-0.1, -0.05) is 6.07 Å². The SMILES string of the molecule is Cc1ccc([C@@H]2C(C(=O)c3cccs3)=C(O)C(=O)N2CCC[NH+](C)C)o1. The molecule has 3 heterocycles. The molecule has 0 aliphatic carbocycles. The molecule has 0 spiro atoms. The number of quaternary nitrogens is 1. The second-order valence-electron chi connectivity index (χ2n) is 6.73. The van der Waals surface area contributed by atoms with Gasteiger partial charge in [-0.05, 0) is 30.5 Å². The fourth-order valence-corrected chi connectivity index (χ4v) is 3.83. The number of hydrogen-bond donors (Lipinski definition) is 2. The topological polar surface area (TPSA) is 75.2 Å². The first-order valence-corrected chi connectivity index (χ1v) is 9.45. The minimum atomic E-state index is -0.692. The summed E-state index contributed by atoms with van der Waals surface area (Å²) in [4.78, 5) is 28.9. The molecule has 1 amide bonds. The average molecular weight is 375 g/mol. The second-order valence-corrected chi connectivity index (χ2v) is 7.68. The van der Waals surface area contributed by atoms with Gasteiger partial charge in [-0.2, -0.15) is 0 Å². The van der Waals surface area contributed by atoms with Crippen molar-refractivity contribution in [2.45, 2.75) is 19.4 Å². The van der Waals surface area contributed by atoms with E-state index in [0.29, 0.717) is 22.9 Å². The molecule has 1 aliphatic rings. The molecule has 2 N–H and O–H groups in total. The zero-order chi connectivity index (χ0) is 18.8. The number of carbonyl (C=O) groups is 2. The van der Waals surface area contributed by atoms with Crippen LogP contribution in [-0.2, 0) is 4.79 Å². The van der Waals surface area contributed by atoms with Crippen molar-refractivity contribution in [1.82, 2.24) is 4.90 Å². The smallest absolute Gasteiger partial charge is 0.290 e. The molecule has 2 aromatic rings. The van der Waals surface area contributed by atoms with Crippen LogP contribution in [0.4, 0.5) is 0 Å². The number of thiophene rings is 1. The van der Waals surface area contributed by atoms with E-state index in [1.807, 2.05) is 21.0 Å². The van der Waals surface area contributed by atoms with Crippen LogP contribution in [0.3, 0.4) is 0 Å². The van der Waals surface area contributed by atoms with Crippen LogP contribution in [0.1, 0.15) is 33.7 Å². The Morgan fingerprint density at radius 1 is 1.35 bits per heavy atom. The fourth-order valence-electron chi connectivity index (χ4n) is 3.16. The molecule has 138 valence electrons. The van der Waals surface area contributed by atoms with Gasteiger partial charge in [0.15, 0.2) is 5.76 Å². The third-order valence-electron chi connectivity index (χ3n) is 4.40. The Balaban J connectivity index is 1.97. The summed E-state index contributed by atoms with van der Waals surface area (Å²) in [6.07, 6.45) is 0.762. The second kappa shape index (κ2) is 7.47. The van der Waals surface area contributed by atoms with Gasteiger partial charge in [0.2, 0.25) is 5.78 Å². The molecule has 0 fully saturated rings. The van der Waals surface area contributed by atoms with E-state index in [-0.39, 0.29) is 11.4 Å². The summed E-state index contributed by atoms with van der Waals surface area (Å²) in [6.45, 7) is 3.13. The molecule has 0 radical (unpaired) electrons. The molecule has 3 rings (SSSR count). The summed E-state index contributed by atoms with van der Waals surface area (Å²) in [5.74, 6) is -0.126. The van der Waals surface area contributed by atoms with Crippen molar-refractivity contribution in [1.29, 1.82) is 0 Å². The van der Waals surface area contributed by atoms with Crippen LogP contribution in [0.5, 0.6) is 0 Å². The van der Waals surface area contributed by atoms with E-state index in [0.717, 1.165) is 13.0 Å². The number of hydrogen-bond acceptors (Lipinski definition) is 5. The van der Waals surface area contributed by atoms with Crippen molar-refractivity contribution in [2.24, 2.45) is 0 Å². The number of carbonyl (C=O) groups excluding carboxylic acids is 2. The zero-order valence-electron chi connectivity index (χ0n) is 15.1. The van der Waals surface area contributed by atoms with Crippen LogP contribution in [-0.4, -0.2) is 48.9 Å². The first-order valence-electron chi connectivity index (χ1n) is 8.57. The Labute approximate surface area is 156 Å². The third kappa shape index (κ3) is 3.45. The Morgan fingerprint density at radius 3 is 2.69 bits per heavy atom. The zero-order valence-corrected chi connectivity index (χ0v) is 15.9. The molecule has 2 aromatic heterocycles. The van der Waals surface area contributed by atoms with Crippen molar-refractivity contribution in [3.63, 3.8) is 0 Å². The Hall–Kier alpha value is -2.38. The third-order valence-corrected chi connectivity index (χ3v) is 5.27. The van der Waals surface area contributed by atoms with Crippen LogP contribution in [0.15, 0.2) is 45.4 Å². The van der Waals surface area contributed by atoms with Crippen LogP contribution in [0.25, 0.3) is 0 Å². The van der Waals surface area contributed by atoms with E-state index in [1.165, 1.54) is 21.1 Å².